The van der Waals surface area contributed by atoms with Crippen LogP contribution in [0.25, 0.3) is 28.3 Å². The number of furan rings is 1. The molecule has 32 heavy (non-hydrogen) atoms. The normalized spacial score (nSPS) is 15.0. The van der Waals surface area contributed by atoms with Crippen molar-refractivity contribution in [3.8, 4) is 17.2 Å². The van der Waals surface area contributed by atoms with Crippen LogP contribution in [-0.4, -0.2) is 48.5 Å². The van der Waals surface area contributed by atoms with Crippen LogP contribution in [0, 0.1) is 6.92 Å². The minimum absolute atomic E-state index is 0.183. The third-order valence-electron chi connectivity index (χ3n) is 6.19. The van der Waals surface area contributed by atoms with E-state index in [0.29, 0.717) is 0 Å². The summed E-state index contributed by atoms with van der Waals surface area (Å²) in [5.74, 6) is 0.937. The zero-order chi connectivity index (χ0) is 22.2. The average Bonchev–Trinajstić information content (AvgIpc) is 3.58. The van der Waals surface area contributed by atoms with E-state index in [9.17, 15) is 4.79 Å². The summed E-state index contributed by atoms with van der Waals surface area (Å²) in [7, 11) is 2.00. The fraction of sp³-hybridized carbons (Fsp3) is 0.375. The molecule has 0 N–H and O–H groups in total. The van der Waals surface area contributed by atoms with Crippen molar-refractivity contribution in [2.24, 2.45) is 7.05 Å². The highest BCUT2D eigenvalue weighted by Crippen LogP contribution is 2.35. The lowest BCUT2D eigenvalue weighted by Gasteiger charge is -2.22. The highest BCUT2D eigenvalue weighted by molar-refractivity contribution is 8.00. The Kier molecular flexibility index (Phi) is 5.55. The van der Waals surface area contributed by atoms with Crippen LogP contribution in [0.3, 0.4) is 0 Å². The zero-order valence-corrected chi connectivity index (χ0v) is 19.4. The minimum Gasteiger partial charge on any atom is -0.463 e. The Morgan fingerprint density at radius 2 is 1.97 bits per heavy atom. The Balaban J connectivity index is 1.60. The third-order valence-corrected chi connectivity index (χ3v) is 7.49. The van der Waals surface area contributed by atoms with E-state index in [4.69, 9.17) is 4.42 Å². The molecule has 1 fully saturated rings. The van der Waals surface area contributed by atoms with Gasteiger partial charge in [0.1, 0.15) is 0 Å². The van der Waals surface area contributed by atoms with Crippen molar-refractivity contribution in [3.63, 3.8) is 0 Å². The minimum atomic E-state index is -0.183. The molecule has 0 aliphatic carbocycles. The van der Waals surface area contributed by atoms with E-state index in [-0.39, 0.29) is 11.2 Å². The maximum absolute atomic E-state index is 13.1. The number of fused-ring (bicyclic) bond motifs is 1. The monoisotopic (exact) mass is 449 g/mol. The van der Waals surface area contributed by atoms with Crippen molar-refractivity contribution in [2.45, 2.75) is 43.5 Å². The van der Waals surface area contributed by atoms with Crippen molar-refractivity contribution in [1.82, 2.24) is 24.2 Å². The van der Waals surface area contributed by atoms with Crippen LogP contribution in [0.5, 0.6) is 0 Å². The fourth-order valence-electron chi connectivity index (χ4n) is 4.39. The molecule has 1 aliphatic heterocycles. The number of nitrogens with zero attached hydrogens (tertiary/aromatic N) is 5. The van der Waals surface area contributed by atoms with Crippen molar-refractivity contribution in [1.29, 1.82) is 0 Å². The number of likely N-dealkylation sites (tertiary alicyclic amines) is 1. The summed E-state index contributed by atoms with van der Waals surface area (Å²) < 4.78 is 9.76. The number of aryl methyl sites for hydroxylation is 2. The molecular weight excluding hydrogens is 422 g/mol. The van der Waals surface area contributed by atoms with Crippen LogP contribution in [0.2, 0.25) is 0 Å². The molecule has 4 heterocycles. The second kappa shape index (κ2) is 8.50. The first-order valence-electron chi connectivity index (χ1n) is 11.1. The summed E-state index contributed by atoms with van der Waals surface area (Å²) in [5, 5.41) is 9.70. The third kappa shape index (κ3) is 3.52. The van der Waals surface area contributed by atoms with Crippen LogP contribution in [-0.2, 0) is 11.8 Å². The molecule has 8 heteroatoms. The number of carbonyl (C=O) groups is 1. The average molecular weight is 450 g/mol. The van der Waals surface area contributed by atoms with E-state index >= 15 is 0 Å². The number of amides is 1. The Morgan fingerprint density at radius 3 is 2.69 bits per heavy atom. The van der Waals surface area contributed by atoms with Gasteiger partial charge < -0.3 is 13.9 Å². The molecular formula is C24H27N5O2S. The van der Waals surface area contributed by atoms with Gasteiger partial charge in [0.15, 0.2) is 16.6 Å². The van der Waals surface area contributed by atoms with Crippen LogP contribution in [0.15, 0.2) is 52.2 Å². The smallest absolute Gasteiger partial charge is 0.236 e. The van der Waals surface area contributed by atoms with E-state index in [2.05, 4.69) is 45.3 Å². The van der Waals surface area contributed by atoms with Crippen LogP contribution in [0.1, 0.15) is 31.7 Å². The molecule has 5 rings (SSSR count). The lowest BCUT2D eigenvalue weighted by atomic mass is 10.2. The number of hydrogen-bond acceptors (Lipinski definition) is 5. The van der Waals surface area contributed by atoms with Crippen LogP contribution >= 0.6 is 11.8 Å². The van der Waals surface area contributed by atoms with E-state index in [1.54, 1.807) is 6.26 Å². The predicted octanol–water partition coefficient (Wildman–Crippen LogP) is 4.82. The molecule has 7 nitrogen and oxygen atoms in total. The van der Waals surface area contributed by atoms with E-state index in [1.807, 2.05) is 36.2 Å². The van der Waals surface area contributed by atoms with Gasteiger partial charge in [-0.15, -0.1) is 10.2 Å². The van der Waals surface area contributed by atoms with E-state index in [0.717, 1.165) is 71.4 Å². The Morgan fingerprint density at radius 1 is 1.19 bits per heavy atom. The summed E-state index contributed by atoms with van der Waals surface area (Å²) in [6, 6.07) is 12.1. The van der Waals surface area contributed by atoms with Crippen LogP contribution < -0.4 is 0 Å². The van der Waals surface area contributed by atoms with Gasteiger partial charge in [-0.25, -0.2) is 0 Å². The lowest BCUT2D eigenvalue weighted by Crippen LogP contribution is -2.35. The second-order valence-electron chi connectivity index (χ2n) is 8.23. The van der Waals surface area contributed by atoms with Gasteiger partial charge >= 0.3 is 0 Å². The van der Waals surface area contributed by atoms with E-state index in [1.165, 1.54) is 11.8 Å². The highest BCUT2D eigenvalue weighted by atomic mass is 32.2. The SMILES string of the molecule is CC[C@H](Sc1nnc(-c2cc3occc3n2C)n1-c1ccccc1C)C(=O)N1CCCC1. The predicted molar refractivity (Wildman–Crippen MR) is 126 cm³/mol. The Hall–Kier alpha value is -3.00. The number of hydrogen-bond donors (Lipinski definition) is 0. The quantitative estimate of drug-likeness (QED) is 0.395. The number of carbonyl (C=O) groups excluding carboxylic acids is 1. The molecule has 0 unspecified atom stereocenters. The number of thioether (sulfide) groups is 1. The maximum atomic E-state index is 13.1. The molecule has 1 aliphatic rings. The summed E-state index contributed by atoms with van der Waals surface area (Å²) >= 11 is 1.51. The molecule has 1 aromatic carbocycles. The fourth-order valence-corrected chi connectivity index (χ4v) is 5.43. The number of benzene rings is 1. The van der Waals surface area contributed by atoms with Crippen molar-refractivity contribution in [3.05, 3.63) is 48.2 Å². The summed E-state index contributed by atoms with van der Waals surface area (Å²) in [4.78, 5) is 15.1. The van der Waals surface area contributed by atoms with Gasteiger partial charge in [0.05, 0.1) is 28.4 Å². The Bertz CT molecular complexity index is 1260. The van der Waals surface area contributed by atoms with Crippen LogP contribution in [0.4, 0.5) is 0 Å². The molecule has 1 saturated heterocycles. The van der Waals surface area contributed by atoms with Gasteiger partial charge in [0.2, 0.25) is 5.91 Å². The topological polar surface area (TPSA) is 69.1 Å². The first-order chi connectivity index (χ1) is 15.6. The number of rotatable bonds is 6. The number of aromatic nitrogens is 4. The Labute approximate surface area is 191 Å². The van der Waals surface area contributed by atoms with E-state index < -0.39 is 0 Å². The molecule has 3 aromatic heterocycles. The van der Waals surface area contributed by atoms with Gasteiger partial charge in [0.25, 0.3) is 0 Å². The van der Waals surface area contributed by atoms with Gasteiger partial charge in [-0.1, -0.05) is 36.9 Å². The second-order valence-corrected chi connectivity index (χ2v) is 9.40. The molecule has 0 saturated carbocycles. The number of para-hydroxylation sites is 1. The molecule has 0 spiro atoms. The standard InChI is InChI=1S/C24H27N5O2S/c1-4-21(23(30)28-12-7-8-13-28)32-24-26-25-22(29(24)17-10-6-5-9-16(17)2)19-15-20-18(27(19)3)11-14-31-20/h5-6,9-11,14-15,21H,4,7-8,12-13H2,1-3H3/t21-/m0/s1. The van der Waals surface area contributed by atoms with Gasteiger partial charge in [-0.3, -0.25) is 9.36 Å². The molecule has 1 amide bonds. The maximum Gasteiger partial charge on any atom is 0.236 e. The molecule has 0 radical (unpaired) electrons. The van der Waals surface area contributed by atoms with Gasteiger partial charge in [-0.2, -0.15) is 0 Å². The molecule has 4 aromatic rings. The van der Waals surface area contributed by atoms with Crippen molar-refractivity contribution >= 4 is 28.8 Å². The molecule has 166 valence electrons. The van der Waals surface area contributed by atoms with Gasteiger partial charge in [-0.05, 0) is 37.8 Å². The first-order valence-corrected chi connectivity index (χ1v) is 12.0. The molecule has 1 atom stereocenters. The first kappa shape index (κ1) is 20.9. The van der Waals surface area contributed by atoms with Gasteiger partial charge in [0, 0.05) is 32.3 Å². The zero-order valence-electron chi connectivity index (χ0n) is 18.6. The summed E-state index contributed by atoms with van der Waals surface area (Å²) in [6.45, 7) is 5.85. The molecule has 0 bridgehead atoms. The lowest BCUT2D eigenvalue weighted by molar-refractivity contribution is -0.129. The summed E-state index contributed by atoms with van der Waals surface area (Å²) in [6.07, 6.45) is 4.61. The largest absolute Gasteiger partial charge is 0.463 e. The van der Waals surface area contributed by atoms with Crippen molar-refractivity contribution in [2.75, 3.05) is 13.1 Å². The van der Waals surface area contributed by atoms with Crippen molar-refractivity contribution < 1.29 is 9.21 Å². The summed E-state index contributed by atoms with van der Waals surface area (Å²) in [5.41, 5.74) is 4.86. The highest BCUT2D eigenvalue weighted by Gasteiger charge is 2.29.